The van der Waals surface area contributed by atoms with E-state index in [4.69, 9.17) is 11.6 Å². The maximum Gasteiger partial charge on any atom is 0.0384 e. The lowest BCUT2D eigenvalue weighted by Crippen LogP contribution is -2.20. The predicted octanol–water partition coefficient (Wildman–Crippen LogP) is 5.28. The summed E-state index contributed by atoms with van der Waals surface area (Å²) in [5.74, 6) is 0. The fourth-order valence-electron chi connectivity index (χ4n) is 1.88. The zero-order chi connectivity index (χ0) is 13.1. The van der Waals surface area contributed by atoms with E-state index in [2.05, 4.69) is 52.8 Å². The number of rotatable bonds is 4. The van der Waals surface area contributed by atoms with Crippen molar-refractivity contribution in [2.75, 3.05) is 0 Å². The number of hydrogen-bond acceptors (Lipinski definition) is 0. The molecule has 0 aliphatic rings. The summed E-state index contributed by atoms with van der Waals surface area (Å²) in [7, 11) is 0. The van der Waals surface area contributed by atoms with Gasteiger partial charge in [0.25, 0.3) is 0 Å². The van der Waals surface area contributed by atoms with Crippen LogP contribution >= 0.6 is 11.6 Å². The lowest BCUT2D eigenvalue weighted by atomic mass is 9.88. The maximum atomic E-state index is 6.38. The largest absolute Gasteiger partial charge is 0.122 e. The maximum absolute atomic E-state index is 6.38. The Hall–Kier alpha value is -0.490. The van der Waals surface area contributed by atoms with Crippen molar-refractivity contribution in [3.8, 4) is 0 Å². The lowest BCUT2D eigenvalue weighted by Gasteiger charge is -2.25. The summed E-state index contributed by atoms with van der Waals surface area (Å²) in [5.41, 5.74) is 4.41. The first-order valence-electron chi connectivity index (χ1n) is 6.51. The molecule has 0 nitrogen and oxygen atoms in total. The molecule has 1 aromatic rings. The molecule has 0 saturated heterocycles. The fourth-order valence-corrected chi connectivity index (χ4v) is 2.03. The normalized spacial score (nSPS) is 13.8. The molecule has 1 heteroatoms. The first kappa shape index (κ1) is 14.6. The van der Waals surface area contributed by atoms with E-state index in [0.717, 1.165) is 12.8 Å². The van der Waals surface area contributed by atoms with Gasteiger partial charge in [-0.1, -0.05) is 39.0 Å². The van der Waals surface area contributed by atoms with Crippen molar-refractivity contribution in [3.05, 3.63) is 34.9 Å². The molecule has 0 aromatic heterocycles. The van der Waals surface area contributed by atoms with Crippen LogP contribution < -0.4 is 0 Å². The molecule has 1 unspecified atom stereocenters. The second-order valence-corrected chi connectivity index (χ2v) is 6.67. The van der Waals surface area contributed by atoms with Crippen LogP contribution in [0.25, 0.3) is 0 Å². The van der Waals surface area contributed by atoms with Crippen LogP contribution in [0.2, 0.25) is 0 Å². The number of halogens is 1. The molecular formula is C16H25Cl. The van der Waals surface area contributed by atoms with Crippen molar-refractivity contribution >= 4 is 11.6 Å². The summed E-state index contributed by atoms with van der Waals surface area (Å²) in [4.78, 5) is 0. The Labute approximate surface area is 111 Å². The zero-order valence-corrected chi connectivity index (χ0v) is 12.6. The Bertz CT molecular complexity index is 360. The third kappa shape index (κ3) is 4.71. The highest BCUT2D eigenvalue weighted by Gasteiger charge is 2.21. The van der Waals surface area contributed by atoms with Gasteiger partial charge in [-0.2, -0.15) is 0 Å². The van der Waals surface area contributed by atoms with Crippen LogP contribution in [0.3, 0.4) is 0 Å². The Morgan fingerprint density at radius 2 is 1.76 bits per heavy atom. The van der Waals surface area contributed by atoms with Gasteiger partial charge in [-0.3, -0.25) is 0 Å². The first-order chi connectivity index (χ1) is 7.80. The summed E-state index contributed by atoms with van der Waals surface area (Å²) in [5, 5.41) is 0.272. The van der Waals surface area contributed by atoms with Crippen LogP contribution in [0.1, 0.15) is 50.3 Å². The molecule has 0 aliphatic heterocycles. The van der Waals surface area contributed by atoms with Crippen LogP contribution in [0.4, 0.5) is 0 Å². The average molecular weight is 253 g/mol. The van der Waals surface area contributed by atoms with Crippen molar-refractivity contribution in [1.82, 2.24) is 0 Å². The highest BCUT2D eigenvalue weighted by Crippen LogP contribution is 2.28. The van der Waals surface area contributed by atoms with Crippen LogP contribution in [0.5, 0.6) is 0 Å². The molecule has 0 heterocycles. The van der Waals surface area contributed by atoms with Gasteiger partial charge in [-0.05, 0) is 55.2 Å². The topological polar surface area (TPSA) is 0 Å². The highest BCUT2D eigenvalue weighted by atomic mass is 35.5. The number of hydrogen-bond donors (Lipinski definition) is 0. The third-order valence-electron chi connectivity index (χ3n) is 3.43. The molecule has 0 bridgehead atoms. The van der Waals surface area contributed by atoms with Crippen LogP contribution in [-0.2, 0) is 6.42 Å². The summed E-state index contributed by atoms with van der Waals surface area (Å²) >= 11 is 6.38. The molecule has 17 heavy (non-hydrogen) atoms. The van der Waals surface area contributed by atoms with E-state index in [1.54, 1.807) is 0 Å². The predicted molar refractivity (Wildman–Crippen MR) is 78.0 cm³/mol. The minimum absolute atomic E-state index is 0.213. The van der Waals surface area contributed by atoms with Gasteiger partial charge in [0.1, 0.15) is 0 Å². The lowest BCUT2D eigenvalue weighted by molar-refractivity contribution is 0.369. The van der Waals surface area contributed by atoms with Crippen molar-refractivity contribution in [2.24, 2.45) is 5.41 Å². The minimum Gasteiger partial charge on any atom is -0.122 e. The van der Waals surface area contributed by atoms with Gasteiger partial charge in [0.05, 0.1) is 0 Å². The van der Waals surface area contributed by atoms with E-state index in [1.165, 1.54) is 23.1 Å². The summed E-state index contributed by atoms with van der Waals surface area (Å²) in [6, 6.07) is 6.75. The molecule has 1 rings (SSSR count). The molecule has 0 radical (unpaired) electrons. The van der Waals surface area contributed by atoms with Crippen molar-refractivity contribution < 1.29 is 0 Å². The van der Waals surface area contributed by atoms with Gasteiger partial charge in [0.15, 0.2) is 0 Å². The van der Waals surface area contributed by atoms with E-state index in [9.17, 15) is 0 Å². The van der Waals surface area contributed by atoms with Gasteiger partial charge in [0, 0.05) is 5.38 Å². The van der Waals surface area contributed by atoms with Crippen molar-refractivity contribution in [1.29, 1.82) is 0 Å². The smallest absolute Gasteiger partial charge is 0.0384 e. The Kier molecular flexibility index (Phi) is 5.06. The molecule has 0 spiro atoms. The van der Waals surface area contributed by atoms with Gasteiger partial charge >= 0.3 is 0 Å². The van der Waals surface area contributed by atoms with Gasteiger partial charge in [-0.15, -0.1) is 11.6 Å². The molecule has 0 N–H and O–H groups in total. The van der Waals surface area contributed by atoms with Crippen molar-refractivity contribution in [3.63, 3.8) is 0 Å². The second-order valence-electron chi connectivity index (χ2n) is 6.14. The Morgan fingerprint density at radius 3 is 2.29 bits per heavy atom. The van der Waals surface area contributed by atoms with Crippen LogP contribution in [0, 0.1) is 19.3 Å². The van der Waals surface area contributed by atoms with Gasteiger partial charge < -0.3 is 0 Å². The zero-order valence-electron chi connectivity index (χ0n) is 11.8. The second kappa shape index (κ2) is 5.91. The van der Waals surface area contributed by atoms with Crippen molar-refractivity contribution in [2.45, 2.75) is 59.3 Å². The summed E-state index contributed by atoms with van der Waals surface area (Å²) in [6.07, 6.45) is 3.41. The van der Waals surface area contributed by atoms with Gasteiger partial charge in [-0.25, -0.2) is 0 Å². The Morgan fingerprint density at radius 1 is 1.12 bits per heavy atom. The van der Waals surface area contributed by atoms with E-state index >= 15 is 0 Å². The molecule has 96 valence electrons. The standard InChI is InChI=1S/C16H25Cl/c1-12-9-10-14(11-13(12)2)7-6-8-15(17)16(3,4)5/h9-11,15H,6-8H2,1-5H3. The summed E-state index contributed by atoms with van der Waals surface area (Å²) in [6.45, 7) is 11.0. The molecule has 0 aliphatic carbocycles. The van der Waals surface area contributed by atoms with E-state index in [1.807, 2.05) is 0 Å². The number of aryl methyl sites for hydroxylation is 3. The first-order valence-corrected chi connectivity index (χ1v) is 6.94. The Balaban J connectivity index is 2.44. The SMILES string of the molecule is Cc1ccc(CCCC(Cl)C(C)(C)C)cc1C. The molecule has 0 saturated carbocycles. The van der Waals surface area contributed by atoms with E-state index in [-0.39, 0.29) is 10.8 Å². The molecule has 1 aromatic carbocycles. The highest BCUT2D eigenvalue weighted by molar-refractivity contribution is 6.21. The monoisotopic (exact) mass is 252 g/mol. The quantitative estimate of drug-likeness (QED) is 0.640. The van der Waals surface area contributed by atoms with E-state index < -0.39 is 0 Å². The minimum atomic E-state index is 0.213. The molecule has 1 atom stereocenters. The number of alkyl halides is 1. The third-order valence-corrected chi connectivity index (χ3v) is 4.31. The average Bonchev–Trinajstić information content (AvgIpc) is 2.22. The molecular weight excluding hydrogens is 228 g/mol. The molecule has 0 amide bonds. The van der Waals surface area contributed by atoms with Gasteiger partial charge in [0.2, 0.25) is 0 Å². The molecule has 0 fully saturated rings. The summed E-state index contributed by atoms with van der Waals surface area (Å²) < 4.78 is 0. The fraction of sp³-hybridized carbons (Fsp3) is 0.625. The van der Waals surface area contributed by atoms with Crippen LogP contribution in [-0.4, -0.2) is 5.38 Å². The van der Waals surface area contributed by atoms with E-state index in [0.29, 0.717) is 0 Å². The van der Waals surface area contributed by atoms with Crippen LogP contribution in [0.15, 0.2) is 18.2 Å². The number of benzene rings is 1.